The summed E-state index contributed by atoms with van der Waals surface area (Å²) in [6.45, 7) is 6.64. The predicted octanol–water partition coefficient (Wildman–Crippen LogP) is 2.21. The molecule has 0 saturated carbocycles. The van der Waals surface area contributed by atoms with E-state index in [-0.39, 0.29) is 5.91 Å². The Balaban J connectivity index is 1.87. The molecule has 1 aromatic heterocycles. The number of carbonyl (C=O) groups excluding carboxylic acids is 1. The monoisotopic (exact) mass is 305 g/mol. The van der Waals surface area contributed by atoms with Crippen LogP contribution < -0.4 is 10.2 Å². The van der Waals surface area contributed by atoms with E-state index < -0.39 is 6.10 Å². The molecule has 2 N–H and O–H groups in total. The third kappa shape index (κ3) is 4.70. The number of amides is 1. The Labute approximate surface area is 132 Å². The maximum atomic E-state index is 12.0. The quantitative estimate of drug-likeness (QED) is 0.846. The van der Waals surface area contributed by atoms with E-state index in [1.54, 1.807) is 6.20 Å². The Hall–Kier alpha value is -1.62. The van der Waals surface area contributed by atoms with Crippen molar-refractivity contribution in [1.82, 2.24) is 10.3 Å². The minimum absolute atomic E-state index is 0.179. The average Bonchev–Trinajstić information content (AvgIpc) is 2.54. The lowest BCUT2D eigenvalue weighted by molar-refractivity contribution is 0.0910. The number of aromatic nitrogens is 1. The standard InChI is InChI=1S/C17H27N3O2/c1-3-4-15(21)12-19-17(22)14-5-6-16(18-11-14)20-9-7-13(2)8-10-20/h5-6,11,13,15,21H,3-4,7-10,12H2,1-2H3,(H,19,22). The summed E-state index contributed by atoms with van der Waals surface area (Å²) in [5.41, 5.74) is 0.540. The second kappa shape index (κ2) is 8.13. The van der Waals surface area contributed by atoms with Crippen molar-refractivity contribution in [3.8, 4) is 0 Å². The minimum atomic E-state index is -0.475. The molecule has 0 spiro atoms. The van der Waals surface area contributed by atoms with Crippen molar-refractivity contribution in [1.29, 1.82) is 0 Å². The van der Waals surface area contributed by atoms with Crippen LogP contribution >= 0.6 is 0 Å². The largest absolute Gasteiger partial charge is 0.391 e. The van der Waals surface area contributed by atoms with E-state index in [0.29, 0.717) is 18.5 Å². The molecular formula is C17H27N3O2. The lowest BCUT2D eigenvalue weighted by Gasteiger charge is -2.31. The first-order valence-electron chi connectivity index (χ1n) is 8.27. The number of rotatable bonds is 6. The summed E-state index contributed by atoms with van der Waals surface area (Å²) in [7, 11) is 0. The molecule has 5 nitrogen and oxygen atoms in total. The molecule has 1 aliphatic rings. The van der Waals surface area contributed by atoms with Crippen LogP contribution in [0.5, 0.6) is 0 Å². The number of nitrogens with zero attached hydrogens (tertiary/aromatic N) is 2. The maximum absolute atomic E-state index is 12.0. The fourth-order valence-electron chi connectivity index (χ4n) is 2.69. The number of carbonyl (C=O) groups is 1. The molecule has 0 aliphatic carbocycles. The van der Waals surface area contributed by atoms with E-state index in [2.05, 4.69) is 22.1 Å². The summed E-state index contributed by atoms with van der Waals surface area (Å²) < 4.78 is 0. The molecule has 2 heterocycles. The van der Waals surface area contributed by atoms with E-state index in [4.69, 9.17) is 0 Å². The summed E-state index contributed by atoms with van der Waals surface area (Å²) in [6, 6.07) is 3.72. The second-order valence-corrected chi connectivity index (χ2v) is 6.23. The maximum Gasteiger partial charge on any atom is 0.252 e. The van der Waals surface area contributed by atoms with Crippen molar-refractivity contribution in [2.75, 3.05) is 24.5 Å². The van der Waals surface area contributed by atoms with Gasteiger partial charge >= 0.3 is 0 Å². The fourth-order valence-corrected chi connectivity index (χ4v) is 2.69. The van der Waals surface area contributed by atoms with Gasteiger partial charge < -0.3 is 15.3 Å². The van der Waals surface area contributed by atoms with Gasteiger partial charge in [-0.3, -0.25) is 4.79 Å². The van der Waals surface area contributed by atoms with Gasteiger partial charge in [-0.1, -0.05) is 20.3 Å². The highest BCUT2D eigenvalue weighted by Crippen LogP contribution is 2.21. The van der Waals surface area contributed by atoms with Crippen LogP contribution in [0.3, 0.4) is 0 Å². The van der Waals surface area contributed by atoms with Crippen LogP contribution in [0.2, 0.25) is 0 Å². The van der Waals surface area contributed by atoms with Crippen LogP contribution in [0.1, 0.15) is 49.9 Å². The number of hydrogen-bond donors (Lipinski definition) is 2. The van der Waals surface area contributed by atoms with Gasteiger partial charge in [-0.15, -0.1) is 0 Å². The molecule has 1 saturated heterocycles. The molecule has 0 aromatic carbocycles. The minimum Gasteiger partial charge on any atom is -0.391 e. The first kappa shape index (κ1) is 16.7. The summed E-state index contributed by atoms with van der Waals surface area (Å²) in [5.74, 6) is 1.55. The second-order valence-electron chi connectivity index (χ2n) is 6.23. The number of nitrogens with one attached hydrogen (secondary N) is 1. The predicted molar refractivity (Wildman–Crippen MR) is 88.1 cm³/mol. The van der Waals surface area contributed by atoms with Gasteiger partial charge in [0.1, 0.15) is 5.82 Å². The molecule has 1 amide bonds. The Kier molecular flexibility index (Phi) is 6.19. The Bertz CT molecular complexity index is 467. The van der Waals surface area contributed by atoms with Crippen LogP contribution in [0.4, 0.5) is 5.82 Å². The zero-order valence-electron chi connectivity index (χ0n) is 13.6. The Morgan fingerprint density at radius 2 is 2.18 bits per heavy atom. The molecule has 1 atom stereocenters. The van der Waals surface area contributed by atoms with Gasteiger partial charge in [-0.05, 0) is 37.3 Å². The zero-order chi connectivity index (χ0) is 15.9. The molecular weight excluding hydrogens is 278 g/mol. The van der Waals surface area contributed by atoms with Crippen molar-refractivity contribution < 1.29 is 9.90 Å². The van der Waals surface area contributed by atoms with Crippen LogP contribution in [-0.2, 0) is 0 Å². The third-order valence-corrected chi connectivity index (χ3v) is 4.24. The van der Waals surface area contributed by atoms with E-state index in [0.717, 1.165) is 31.2 Å². The molecule has 1 fully saturated rings. The van der Waals surface area contributed by atoms with E-state index in [1.165, 1.54) is 12.8 Å². The summed E-state index contributed by atoms with van der Waals surface area (Å²) in [6.07, 6.45) is 5.14. The van der Waals surface area contributed by atoms with Crippen molar-refractivity contribution in [2.24, 2.45) is 5.92 Å². The SMILES string of the molecule is CCCC(O)CNC(=O)c1ccc(N2CCC(C)CC2)nc1. The number of aliphatic hydroxyl groups excluding tert-OH is 1. The van der Waals surface area contributed by atoms with Gasteiger partial charge in [0, 0.05) is 25.8 Å². The van der Waals surface area contributed by atoms with Gasteiger partial charge in [0.05, 0.1) is 11.7 Å². The molecule has 0 radical (unpaired) electrons. The zero-order valence-corrected chi connectivity index (χ0v) is 13.6. The lowest BCUT2D eigenvalue weighted by Crippen LogP contribution is -2.34. The molecule has 2 rings (SSSR count). The molecule has 122 valence electrons. The van der Waals surface area contributed by atoms with Crippen molar-refractivity contribution in [3.63, 3.8) is 0 Å². The van der Waals surface area contributed by atoms with Gasteiger partial charge in [-0.25, -0.2) is 4.98 Å². The Morgan fingerprint density at radius 1 is 1.45 bits per heavy atom. The molecule has 5 heteroatoms. The Morgan fingerprint density at radius 3 is 2.77 bits per heavy atom. The third-order valence-electron chi connectivity index (χ3n) is 4.24. The van der Waals surface area contributed by atoms with Crippen molar-refractivity contribution in [2.45, 2.75) is 45.6 Å². The highest BCUT2D eigenvalue weighted by molar-refractivity contribution is 5.94. The smallest absolute Gasteiger partial charge is 0.252 e. The summed E-state index contributed by atoms with van der Waals surface area (Å²) in [4.78, 5) is 18.7. The normalized spacial score (nSPS) is 17.3. The van der Waals surface area contributed by atoms with Crippen LogP contribution in [0.15, 0.2) is 18.3 Å². The topological polar surface area (TPSA) is 65.5 Å². The summed E-state index contributed by atoms with van der Waals surface area (Å²) >= 11 is 0. The highest BCUT2D eigenvalue weighted by atomic mass is 16.3. The highest BCUT2D eigenvalue weighted by Gasteiger charge is 2.17. The van der Waals surface area contributed by atoms with Crippen molar-refractivity contribution >= 4 is 11.7 Å². The summed E-state index contributed by atoms with van der Waals surface area (Å²) in [5, 5.41) is 12.4. The molecule has 22 heavy (non-hydrogen) atoms. The van der Waals surface area contributed by atoms with Gasteiger partial charge in [0.25, 0.3) is 5.91 Å². The van der Waals surface area contributed by atoms with Crippen LogP contribution in [-0.4, -0.2) is 41.7 Å². The number of aliphatic hydroxyl groups is 1. The van der Waals surface area contributed by atoms with Crippen LogP contribution in [0.25, 0.3) is 0 Å². The van der Waals surface area contributed by atoms with Crippen LogP contribution in [0, 0.1) is 5.92 Å². The van der Waals surface area contributed by atoms with E-state index >= 15 is 0 Å². The first-order valence-corrected chi connectivity index (χ1v) is 8.27. The van der Waals surface area contributed by atoms with Gasteiger partial charge in [0.15, 0.2) is 0 Å². The van der Waals surface area contributed by atoms with Gasteiger partial charge in [-0.2, -0.15) is 0 Å². The molecule has 1 unspecified atom stereocenters. The average molecular weight is 305 g/mol. The fraction of sp³-hybridized carbons (Fsp3) is 0.647. The number of piperidine rings is 1. The number of pyridine rings is 1. The van der Waals surface area contributed by atoms with E-state index in [1.807, 2.05) is 19.1 Å². The number of hydrogen-bond acceptors (Lipinski definition) is 4. The first-order chi connectivity index (χ1) is 10.6. The molecule has 1 aliphatic heterocycles. The number of anilines is 1. The molecule has 1 aromatic rings. The molecule has 0 bridgehead atoms. The lowest BCUT2D eigenvalue weighted by atomic mass is 9.99. The van der Waals surface area contributed by atoms with E-state index in [9.17, 15) is 9.90 Å². The van der Waals surface area contributed by atoms with Gasteiger partial charge in [0.2, 0.25) is 0 Å². The van der Waals surface area contributed by atoms with Crippen molar-refractivity contribution in [3.05, 3.63) is 23.9 Å².